The van der Waals surface area contributed by atoms with E-state index in [4.69, 9.17) is 4.74 Å². The molecular weight excluding hydrogens is 370 g/mol. The molecule has 8 heteroatoms. The molecule has 2 rings (SSSR count). The molecule has 6 nitrogen and oxygen atoms in total. The first-order valence-corrected chi connectivity index (χ1v) is 8.28. The van der Waals surface area contributed by atoms with Gasteiger partial charge in [-0.15, -0.1) is 0 Å². The van der Waals surface area contributed by atoms with Crippen LogP contribution in [0, 0.1) is 6.92 Å². The Bertz CT molecular complexity index is 898. The number of anilines is 2. The zero-order chi connectivity index (χ0) is 20.7. The first kappa shape index (κ1) is 20.9. The number of nitrogens with one attached hydrogen (secondary N) is 2. The molecule has 0 aromatic heterocycles. The highest BCUT2D eigenvalue weighted by Gasteiger charge is 2.10. The van der Waals surface area contributed by atoms with Crippen molar-refractivity contribution in [1.29, 1.82) is 0 Å². The third-order valence-electron chi connectivity index (χ3n) is 3.64. The van der Waals surface area contributed by atoms with Crippen LogP contribution < -0.4 is 20.1 Å². The lowest BCUT2D eigenvalue weighted by Gasteiger charge is -2.10. The van der Waals surface area contributed by atoms with Crippen molar-refractivity contribution in [1.82, 2.24) is 0 Å². The van der Waals surface area contributed by atoms with Crippen LogP contribution in [0.1, 0.15) is 18.1 Å². The highest BCUT2D eigenvalue weighted by Crippen LogP contribution is 2.29. The van der Waals surface area contributed by atoms with Crippen molar-refractivity contribution in [3.05, 3.63) is 53.6 Å². The fourth-order valence-electron chi connectivity index (χ4n) is 2.41. The van der Waals surface area contributed by atoms with Gasteiger partial charge in [0.25, 0.3) is 0 Å². The van der Waals surface area contributed by atoms with Gasteiger partial charge in [0.15, 0.2) is 11.5 Å². The number of aryl methyl sites for hydroxylation is 1. The van der Waals surface area contributed by atoms with Gasteiger partial charge in [0, 0.05) is 24.4 Å². The molecule has 0 spiro atoms. The van der Waals surface area contributed by atoms with Gasteiger partial charge in [0.1, 0.15) is 0 Å². The van der Waals surface area contributed by atoms with E-state index in [0.29, 0.717) is 16.9 Å². The molecule has 2 amide bonds. The van der Waals surface area contributed by atoms with E-state index in [9.17, 15) is 18.4 Å². The van der Waals surface area contributed by atoms with Gasteiger partial charge < -0.3 is 20.1 Å². The molecule has 0 unspecified atom stereocenters. The molecule has 2 aromatic rings. The van der Waals surface area contributed by atoms with Crippen LogP contribution in [0.3, 0.4) is 0 Å². The summed E-state index contributed by atoms with van der Waals surface area (Å²) in [6, 6.07) is 9.44. The summed E-state index contributed by atoms with van der Waals surface area (Å²) in [6.45, 7) is 0.272. The van der Waals surface area contributed by atoms with E-state index in [1.807, 2.05) is 6.92 Å². The van der Waals surface area contributed by atoms with Crippen LogP contribution in [0.4, 0.5) is 20.2 Å². The number of rotatable bonds is 7. The zero-order valence-corrected chi connectivity index (χ0v) is 15.6. The van der Waals surface area contributed by atoms with Gasteiger partial charge in [0.2, 0.25) is 11.8 Å². The number of hydrogen-bond acceptors (Lipinski definition) is 4. The molecular formula is C20H20F2N2O4. The molecule has 148 valence electrons. The number of alkyl halides is 2. The Morgan fingerprint density at radius 3 is 2.43 bits per heavy atom. The lowest BCUT2D eigenvalue weighted by molar-refractivity contribution is -0.114. The fourth-order valence-corrected chi connectivity index (χ4v) is 2.41. The minimum Gasteiger partial charge on any atom is -0.493 e. The summed E-state index contributed by atoms with van der Waals surface area (Å²) in [5, 5.41) is 5.40. The highest BCUT2D eigenvalue weighted by atomic mass is 19.3. The highest BCUT2D eigenvalue weighted by molar-refractivity contribution is 6.02. The predicted molar refractivity (Wildman–Crippen MR) is 103 cm³/mol. The zero-order valence-electron chi connectivity index (χ0n) is 15.6. The number of carbonyl (C=O) groups is 2. The van der Waals surface area contributed by atoms with Crippen molar-refractivity contribution in [3.8, 4) is 11.5 Å². The average Bonchev–Trinajstić information content (AvgIpc) is 2.62. The molecule has 2 N–H and O–H groups in total. The van der Waals surface area contributed by atoms with Crippen LogP contribution in [0.15, 0.2) is 42.5 Å². The Balaban J connectivity index is 2.05. The van der Waals surface area contributed by atoms with Crippen molar-refractivity contribution >= 4 is 29.3 Å². The first-order chi connectivity index (χ1) is 13.3. The molecule has 0 saturated carbocycles. The molecule has 0 aliphatic carbocycles. The Kier molecular flexibility index (Phi) is 7.08. The second-order valence-electron chi connectivity index (χ2n) is 5.82. The largest absolute Gasteiger partial charge is 0.493 e. The maximum Gasteiger partial charge on any atom is 0.387 e. The molecule has 0 heterocycles. The first-order valence-electron chi connectivity index (χ1n) is 8.28. The standard InChI is InChI=1S/C20H20F2N2O4/c1-12-10-15(6-7-16(12)23-13(2)25)24-19(26)9-5-14-4-8-17(28-20(21)22)18(11-14)27-3/h4-11,20H,1-3H3,(H,23,25)(H,24,26)/b9-5+. The average molecular weight is 390 g/mol. The van der Waals surface area contributed by atoms with E-state index in [1.165, 1.54) is 44.4 Å². The second-order valence-corrected chi connectivity index (χ2v) is 5.82. The minimum absolute atomic E-state index is 0.0890. The third-order valence-corrected chi connectivity index (χ3v) is 3.64. The number of amides is 2. The van der Waals surface area contributed by atoms with Crippen LogP contribution in [-0.4, -0.2) is 25.5 Å². The van der Waals surface area contributed by atoms with Gasteiger partial charge in [-0.1, -0.05) is 6.07 Å². The summed E-state index contributed by atoms with van der Waals surface area (Å²) in [6.07, 6.45) is 2.82. The van der Waals surface area contributed by atoms with Crippen molar-refractivity contribution in [2.75, 3.05) is 17.7 Å². The number of methoxy groups -OCH3 is 1. The predicted octanol–water partition coefficient (Wildman–Crippen LogP) is 4.22. The summed E-state index contributed by atoms with van der Waals surface area (Å²) >= 11 is 0. The van der Waals surface area contributed by atoms with Crippen molar-refractivity contribution in [2.24, 2.45) is 0 Å². The second kappa shape index (κ2) is 9.50. The van der Waals surface area contributed by atoms with E-state index < -0.39 is 6.61 Å². The van der Waals surface area contributed by atoms with E-state index in [-0.39, 0.29) is 23.3 Å². The summed E-state index contributed by atoms with van der Waals surface area (Å²) in [4.78, 5) is 23.2. The molecule has 0 saturated heterocycles. The summed E-state index contributed by atoms with van der Waals surface area (Å²) in [5.41, 5.74) is 2.61. The molecule has 28 heavy (non-hydrogen) atoms. The molecule has 0 atom stereocenters. The number of ether oxygens (including phenoxy) is 2. The van der Waals surface area contributed by atoms with E-state index in [1.54, 1.807) is 18.2 Å². The Morgan fingerprint density at radius 1 is 1.07 bits per heavy atom. The van der Waals surface area contributed by atoms with Crippen molar-refractivity contribution < 1.29 is 27.8 Å². The van der Waals surface area contributed by atoms with Crippen molar-refractivity contribution in [2.45, 2.75) is 20.5 Å². The molecule has 2 aromatic carbocycles. The monoisotopic (exact) mass is 390 g/mol. The number of carbonyl (C=O) groups excluding carboxylic acids is 2. The van der Waals surface area contributed by atoms with Gasteiger partial charge >= 0.3 is 6.61 Å². The third kappa shape index (κ3) is 6.08. The van der Waals surface area contributed by atoms with Crippen molar-refractivity contribution in [3.63, 3.8) is 0 Å². The van der Waals surface area contributed by atoms with Crippen LogP contribution >= 0.6 is 0 Å². The number of hydrogen-bond donors (Lipinski definition) is 2. The number of halogens is 2. The van der Waals surface area contributed by atoms with Crippen LogP contribution in [-0.2, 0) is 9.59 Å². The molecule has 0 aliphatic rings. The van der Waals surface area contributed by atoms with Crippen LogP contribution in [0.25, 0.3) is 6.08 Å². The summed E-state index contributed by atoms with van der Waals surface area (Å²) < 4.78 is 34.1. The Labute approximate surface area is 161 Å². The lowest BCUT2D eigenvalue weighted by atomic mass is 10.1. The maximum atomic E-state index is 12.3. The van der Waals surface area contributed by atoms with Gasteiger partial charge in [-0.3, -0.25) is 9.59 Å². The molecule has 0 fully saturated rings. The van der Waals surface area contributed by atoms with Gasteiger partial charge in [0.05, 0.1) is 7.11 Å². The number of benzene rings is 2. The summed E-state index contributed by atoms with van der Waals surface area (Å²) in [5.74, 6) is -0.511. The topological polar surface area (TPSA) is 76.7 Å². The van der Waals surface area contributed by atoms with E-state index in [0.717, 1.165) is 5.56 Å². The van der Waals surface area contributed by atoms with Gasteiger partial charge in [-0.2, -0.15) is 8.78 Å². The molecule has 0 aliphatic heterocycles. The molecule has 0 bridgehead atoms. The minimum atomic E-state index is -2.96. The van der Waals surface area contributed by atoms with Gasteiger partial charge in [-0.25, -0.2) is 0 Å². The lowest BCUT2D eigenvalue weighted by Crippen LogP contribution is -2.10. The Morgan fingerprint density at radius 2 is 1.82 bits per heavy atom. The Hall–Kier alpha value is -3.42. The quantitative estimate of drug-likeness (QED) is 0.694. The van der Waals surface area contributed by atoms with Gasteiger partial charge in [-0.05, 0) is 54.5 Å². The molecule has 0 radical (unpaired) electrons. The SMILES string of the molecule is COc1cc(/C=C/C(=O)Nc2ccc(NC(C)=O)c(C)c2)ccc1OC(F)F. The smallest absolute Gasteiger partial charge is 0.387 e. The maximum absolute atomic E-state index is 12.3. The van der Waals surface area contributed by atoms with E-state index in [2.05, 4.69) is 15.4 Å². The fraction of sp³-hybridized carbons (Fsp3) is 0.200. The van der Waals surface area contributed by atoms with Crippen LogP contribution in [0.5, 0.6) is 11.5 Å². The van der Waals surface area contributed by atoms with Crippen LogP contribution in [0.2, 0.25) is 0 Å². The van der Waals surface area contributed by atoms with E-state index >= 15 is 0 Å². The summed E-state index contributed by atoms with van der Waals surface area (Å²) in [7, 11) is 1.33. The normalized spacial score (nSPS) is 10.8.